The molecule has 142 valence electrons. The Labute approximate surface area is 163 Å². The standard InChI is InChI=1S/C19H23ClN6O/c1-21-19(23-12-17(27)24-14-6-3-2-4-7-14)25-15-9-11-26(13-15)18-16(20)8-5-10-22-18/h2-8,10,15H,9,11-13H2,1H3,(H,24,27)(H2,21,23,25). The van der Waals surface area contributed by atoms with Crippen molar-refractivity contribution >= 4 is 35.0 Å². The van der Waals surface area contributed by atoms with Crippen LogP contribution in [0.25, 0.3) is 0 Å². The van der Waals surface area contributed by atoms with E-state index in [4.69, 9.17) is 11.6 Å². The van der Waals surface area contributed by atoms with Crippen molar-refractivity contribution in [1.29, 1.82) is 0 Å². The van der Waals surface area contributed by atoms with Gasteiger partial charge < -0.3 is 20.9 Å². The molecule has 0 spiro atoms. The predicted octanol–water partition coefficient (Wildman–Crippen LogP) is 2.12. The minimum Gasteiger partial charge on any atom is -0.353 e. The summed E-state index contributed by atoms with van der Waals surface area (Å²) in [5, 5.41) is 9.88. The van der Waals surface area contributed by atoms with E-state index in [-0.39, 0.29) is 18.5 Å². The molecule has 1 fully saturated rings. The van der Waals surface area contributed by atoms with E-state index in [0.717, 1.165) is 31.0 Å². The van der Waals surface area contributed by atoms with E-state index in [1.807, 2.05) is 42.5 Å². The first-order valence-electron chi connectivity index (χ1n) is 8.83. The zero-order valence-corrected chi connectivity index (χ0v) is 15.9. The van der Waals surface area contributed by atoms with Gasteiger partial charge in [-0.05, 0) is 30.7 Å². The van der Waals surface area contributed by atoms with Crippen molar-refractivity contribution in [3.8, 4) is 0 Å². The van der Waals surface area contributed by atoms with Gasteiger partial charge in [0.15, 0.2) is 5.96 Å². The molecule has 0 aliphatic carbocycles. The number of pyridine rings is 1. The molecule has 7 nitrogen and oxygen atoms in total. The van der Waals surface area contributed by atoms with Crippen LogP contribution in [0, 0.1) is 0 Å². The van der Waals surface area contributed by atoms with E-state index in [2.05, 4.69) is 30.8 Å². The van der Waals surface area contributed by atoms with Gasteiger partial charge >= 0.3 is 0 Å². The van der Waals surface area contributed by atoms with Crippen molar-refractivity contribution in [3.05, 3.63) is 53.7 Å². The van der Waals surface area contributed by atoms with Crippen LogP contribution in [0.2, 0.25) is 5.02 Å². The number of anilines is 2. The number of hydrogen-bond donors (Lipinski definition) is 3. The Morgan fingerprint density at radius 1 is 1.30 bits per heavy atom. The van der Waals surface area contributed by atoms with Crippen LogP contribution in [-0.4, -0.2) is 49.6 Å². The van der Waals surface area contributed by atoms with E-state index in [1.54, 1.807) is 13.2 Å². The Kier molecular flexibility index (Phi) is 6.49. The highest BCUT2D eigenvalue weighted by molar-refractivity contribution is 6.32. The number of halogens is 1. The zero-order valence-electron chi connectivity index (χ0n) is 15.2. The topological polar surface area (TPSA) is 81.6 Å². The molecular weight excluding hydrogens is 364 g/mol. The van der Waals surface area contributed by atoms with Crippen LogP contribution in [0.4, 0.5) is 11.5 Å². The quantitative estimate of drug-likeness (QED) is 0.541. The maximum absolute atomic E-state index is 12.1. The number of carbonyl (C=O) groups excluding carboxylic acids is 1. The number of carbonyl (C=O) groups is 1. The first-order valence-corrected chi connectivity index (χ1v) is 9.21. The minimum atomic E-state index is -0.127. The minimum absolute atomic E-state index is 0.127. The summed E-state index contributed by atoms with van der Waals surface area (Å²) in [6, 6.07) is 13.2. The lowest BCUT2D eigenvalue weighted by molar-refractivity contribution is -0.115. The van der Waals surface area contributed by atoms with Gasteiger partial charge in [-0.15, -0.1) is 0 Å². The van der Waals surface area contributed by atoms with Gasteiger partial charge in [-0.25, -0.2) is 4.98 Å². The molecule has 1 atom stereocenters. The smallest absolute Gasteiger partial charge is 0.243 e. The number of rotatable bonds is 5. The average Bonchev–Trinajstić information content (AvgIpc) is 3.14. The molecule has 1 amide bonds. The van der Waals surface area contributed by atoms with Crippen molar-refractivity contribution in [3.63, 3.8) is 0 Å². The van der Waals surface area contributed by atoms with Gasteiger partial charge in [0.1, 0.15) is 5.82 Å². The van der Waals surface area contributed by atoms with Crippen molar-refractivity contribution < 1.29 is 4.79 Å². The van der Waals surface area contributed by atoms with Gasteiger partial charge in [-0.2, -0.15) is 0 Å². The summed E-state index contributed by atoms with van der Waals surface area (Å²) in [5.74, 6) is 1.27. The first kappa shape index (κ1) is 19.0. The fraction of sp³-hybridized carbons (Fsp3) is 0.316. The van der Waals surface area contributed by atoms with Crippen molar-refractivity contribution in [2.45, 2.75) is 12.5 Å². The highest BCUT2D eigenvalue weighted by atomic mass is 35.5. The highest BCUT2D eigenvalue weighted by Gasteiger charge is 2.25. The highest BCUT2D eigenvalue weighted by Crippen LogP contribution is 2.25. The number of hydrogen-bond acceptors (Lipinski definition) is 4. The van der Waals surface area contributed by atoms with Crippen LogP contribution in [0.5, 0.6) is 0 Å². The van der Waals surface area contributed by atoms with Gasteiger partial charge in [-0.1, -0.05) is 29.8 Å². The van der Waals surface area contributed by atoms with Crippen LogP contribution < -0.4 is 20.9 Å². The molecule has 1 unspecified atom stereocenters. The maximum atomic E-state index is 12.1. The number of aliphatic imine (C=N–C) groups is 1. The van der Waals surface area contributed by atoms with Crippen molar-refractivity contribution in [2.24, 2.45) is 4.99 Å². The number of para-hydroxylation sites is 1. The van der Waals surface area contributed by atoms with E-state index in [1.165, 1.54) is 0 Å². The maximum Gasteiger partial charge on any atom is 0.243 e. The molecular formula is C19H23ClN6O. The zero-order chi connectivity index (χ0) is 19.1. The van der Waals surface area contributed by atoms with Gasteiger partial charge in [0, 0.05) is 38.1 Å². The van der Waals surface area contributed by atoms with Crippen molar-refractivity contribution in [1.82, 2.24) is 15.6 Å². The Hall–Kier alpha value is -2.80. The molecule has 2 heterocycles. The Balaban J connectivity index is 1.47. The van der Waals surface area contributed by atoms with E-state index in [0.29, 0.717) is 11.0 Å². The Bertz CT molecular complexity index is 798. The molecule has 0 bridgehead atoms. The van der Waals surface area contributed by atoms with E-state index in [9.17, 15) is 4.79 Å². The van der Waals surface area contributed by atoms with Gasteiger partial charge in [0.2, 0.25) is 5.91 Å². The lowest BCUT2D eigenvalue weighted by atomic mass is 10.3. The predicted molar refractivity (Wildman–Crippen MR) is 109 cm³/mol. The fourth-order valence-electron chi connectivity index (χ4n) is 2.96. The summed E-state index contributed by atoms with van der Waals surface area (Å²) in [4.78, 5) is 22.8. The molecule has 3 N–H and O–H groups in total. The molecule has 0 saturated carbocycles. The molecule has 1 aliphatic heterocycles. The largest absolute Gasteiger partial charge is 0.353 e. The van der Waals surface area contributed by atoms with E-state index < -0.39 is 0 Å². The van der Waals surface area contributed by atoms with Crippen LogP contribution in [0.1, 0.15) is 6.42 Å². The number of aromatic nitrogens is 1. The molecule has 27 heavy (non-hydrogen) atoms. The summed E-state index contributed by atoms with van der Waals surface area (Å²) >= 11 is 6.23. The molecule has 1 aromatic carbocycles. The van der Waals surface area contributed by atoms with E-state index >= 15 is 0 Å². The molecule has 2 aromatic rings. The lowest BCUT2D eigenvalue weighted by Crippen LogP contribution is -2.46. The molecule has 1 aromatic heterocycles. The van der Waals surface area contributed by atoms with Gasteiger partial charge in [-0.3, -0.25) is 9.79 Å². The SMILES string of the molecule is CN=C(NCC(=O)Nc1ccccc1)NC1CCN(c2ncccc2Cl)C1. The monoisotopic (exact) mass is 386 g/mol. The Morgan fingerprint density at radius 2 is 2.11 bits per heavy atom. The summed E-state index contributed by atoms with van der Waals surface area (Å²) in [6.45, 7) is 1.77. The third-order valence-electron chi connectivity index (χ3n) is 4.27. The number of amides is 1. The summed E-state index contributed by atoms with van der Waals surface area (Å²) < 4.78 is 0. The number of nitrogens with one attached hydrogen (secondary N) is 3. The normalized spacial score (nSPS) is 16.9. The lowest BCUT2D eigenvalue weighted by Gasteiger charge is -2.20. The third-order valence-corrected chi connectivity index (χ3v) is 4.56. The van der Waals surface area contributed by atoms with Gasteiger partial charge in [0.05, 0.1) is 11.6 Å². The first-order chi connectivity index (χ1) is 13.2. The third kappa shape index (κ3) is 5.34. The van der Waals surface area contributed by atoms with Crippen LogP contribution in [0.3, 0.4) is 0 Å². The molecule has 1 aliphatic rings. The second-order valence-electron chi connectivity index (χ2n) is 6.22. The second kappa shape index (κ2) is 9.23. The number of nitrogens with zero attached hydrogens (tertiary/aromatic N) is 3. The average molecular weight is 387 g/mol. The molecule has 1 saturated heterocycles. The van der Waals surface area contributed by atoms with Crippen LogP contribution in [-0.2, 0) is 4.79 Å². The summed E-state index contributed by atoms with van der Waals surface area (Å²) in [5.41, 5.74) is 0.769. The molecule has 0 radical (unpaired) electrons. The second-order valence-corrected chi connectivity index (χ2v) is 6.63. The summed E-state index contributed by atoms with van der Waals surface area (Å²) in [6.07, 6.45) is 2.68. The van der Waals surface area contributed by atoms with Crippen molar-refractivity contribution in [2.75, 3.05) is 36.9 Å². The molecule has 3 rings (SSSR count). The molecule has 8 heteroatoms. The number of benzene rings is 1. The van der Waals surface area contributed by atoms with Crippen LogP contribution >= 0.6 is 11.6 Å². The Morgan fingerprint density at radius 3 is 2.85 bits per heavy atom. The number of guanidine groups is 1. The van der Waals surface area contributed by atoms with Crippen LogP contribution in [0.15, 0.2) is 53.7 Å². The fourth-order valence-corrected chi connectivity index (χ4v) is 3.20. The van der Waals surface area contributed by atoms with Gasteiger partial charge in [0.25, 0.3) is 0 Å². The summed E-state index contributed by atoms with van der Waals surface area (Å²) in [7, 11) is 1.69.